The van der Waals surface area contributed by atoms with Crippen LogP contribution in [0.25, 0.3) is 21.8 Å². The van der Waals surface area contributed by atoms with Crippen LogP contribution in [0.2, 0.25) is 15.1 Å². The van der Waals surface area contributed by atoms with Gasteiger partial charge in [0.25, 0.3) is 18.3 Å². The second-order valence-electron chi connectivity index (χ2n) is 22.3. The maximum absolute atomic E-state index is 14.1. The fourth-order valence-corrected chi connectivity index (χ4v) is 10.8. The van der Waals surface area contributed by atoms with E-state index in [1.807, 2.05) is 0 Å². The topological polar surface area (TPSA) is 403 Å². The molecule has 10 rings (SSSR count). The number of hydrogen-bond donors (Lipinski definition) is 10. The number of rotatable bonds is 24. The van der Waals surface area contributed by atoms with Crippen molar-refractivity contribution in [3.05, 3.63) is 164 Å². The average Bonchev–Trinajstić information content (AvgIpc) is 1.69. The van der Waals surface area contributed by atoms with Crippen LogP contribution in [0.15, 0.2) is 103 Å². The first kappa shape index (κ1) is 93.0. The largest absolute Gasteiger partial charge is 1.00 e. The molecule has 13 N–H and O–H groups in total. The van der Waals surface area contributed by atoms with E-state index in [-0.39, 0.29) is 252 Å². The number of benzene rings is 5. The molecular formula is C66H82Cl4F3K2N11O14. The van der Waals surface area contributed by atoms with E-state index in [1.165, 1.54) is 38.5 Å². The molecule has 3 fully saturated rings. The number of aliphatic carboxylic acids is 1. The Morgan fingerprint density at radius 1 is 0.640 bits per heavy atom. The summed E-state index contributed by atoms with van der Waals surface area (Å²) in [7, 11) is 0. The van der Waals surface area contributed by atoms with E-state index in [0.29, 0.717) is 82.7 Å². The van der Waals surface area contributed by atoms with E-state index in [9.17, 15) is 51.8 Å². The normalized spacial score (nSPS) is 16.4. The van der Waals surface area contributed by atoms with Crippen molar-refractivity contribution in [2.75, 3.05) is 38.8 Å². The Morgan fingerprint density at radius 2 is 1.05 bits per heavy atom. The predicted octanol–water partition coefficient (Wildman–Crippen LogP) is 0.282. The molecule has 0 saturated heterocycles. The Bertz CT molecular complexity index is 3800. The standard InChI is InChI=1S/C24H25ClFN5O4.C14H18ClFN2O2.C10H9Cl2FO.C10H9N3O3.C5H11NO.CH2O3.2CH4.2K.H/c25-18-6-3-4-15(22(18)26)10-28-20(33)11-30(16-8-14(9-16)13-32)21(34)12-31-19-7-2-1-5-17(19)23(29-31)24(27)35;15-12-3-1-2-10(14(12)16)6-18-13(20)7-17-11-4-9(5-11)8-19;11-6-8(14)5-4-7-2-1-3-9(12)10(7)13;11-10(16)9-6-3-1-2-4-7(6)13(12-9)5-8(14)15;6-5-1-4(2-5)3-7;2-1-4-3;;;;;/h1-7,14,16,32H,8-13H2,(H2,27,35)(H,28,33);1-3,9,11,17,19H,4-8H2,(H,18,20);1-3H,4-6H2;1-4H,5H2,(H2,11,16)(H,14,15);4-5,7H,1-3,6H2;1,3H;2*1H4;;;/q;;;;;;;;2*+1;-1/p-1. The molecule has 0 radical (unpaired) electrons. The number of para-hydroxylation sites is 2. The van der Waals surface area contributed by atoms with Crippen LogP contribution in [0, 0.1) is 35.2 Å². The summed E-state index contributed by atoms with van der Waals surface area (Å²) in [6.07, 6.45) is 5.56. The number of hydrogen-bond acceptors (Lipinski definition) is 17. The van der Waals surface area contributed by atoms with Crippen LogP contribution >= 0.6 is 46.4 Å². The number of ketones is 1. The number of aliphatic hydroxyl groups is 3. The Labute approximate surface area is 682 Å². The Kier molecular flexibility index (Phi) is 44.7. The molecule has 25 nitrogen and oxygen atoms in total. The van der Waals surface area contributed by atoms with E-state index in [4.69, 9.17) is 89.0 Å². The number of carbonyl (C=O) groups is 8. The van der Waals surface area contributed by atoms with Gasteiger partial charge in [-0.3, -0.25) is 47.7 Å². The molecule has 0 bridgehead atoms. The summed E-state index contributed by atoms with van der Waals surface area (Å²) in [5.74, 6) is -4.15. The van der Waals surface area contributed by atoms with Crippen LogP contribution in [0.5, 0.6) is 0 Å². The van der Waals surface area contributed by atoms with Crippen LogP contribution in [0.3, 0.4) is 0 Å². The van der Waals surface area contributed by atoms with Gasteiger partial charge >= 0.3 is 109 Å². The minimum absolute atomic E-state index is 0. The third-order valence-electron chi connectivity index (χ3n) is 15.4. The number of amides is 5. The molecule has 2 heterocycles. The van der Waals surface area contributed by atoms with E-state index in [1.54, 1.807) is 78.9 Å². The molecule has 34 heteroatoms. The number of alkyl halides is 1. The number of carbonyl (C=O) groups excluding carboxylic acids is 7. The molecule has 5 aromatic carbocycles. The Hall–Kier alpha value is -5.02. The second kappa shape index (κ2) is 48.1. The van der Waals surface area contributed by atoms with Crippen LogP contribution in [-0.4, -0.2) is 150 Å². The molecule has 100 heavy (non-hydrogen) atoms. The maximum Gasteiger partial charge on any atom is 1.00 e. The van der Waals surface area contributed by atoms with Crippen molar-refractivity contribution in [2.45, 2.75) is 111 Å². The van der Waals surface area contributed by atoms with Crippen molar-refractivity contribution in [3.8, 4) is 0 Å². The number of carboxylic acid groups (broad SMARTS) is 1. The van der Waals surface area contributed by atoms with Gasteiger partial charge in [-0.05, 0) is 98.6 Å². The van der Waals surface area contributed by atoms with Crippen molar-refractivity contribution in [1.82, 2.24) is 40.4 Å². The second-order valence-corrected chi connectivity index (χ2v) is 23.8. The number of aromatic nitrogens is 4. The van der Waals surface area contributed by atoms with Gasteiger partial charge in [-0.1, -0.05) is 122 Å². The minimum Gasteiger partial charge on any atom is -1.00 e. The first-order valence-corrected chi connectivity index (χ1v) is 31.5. The Balaban J connectivity index is 0.00000130. The SMILES string of the molecule is C.C.NC(=O)c1nn(CC(=O)N(CC(=O)NCc2cccc(Cl)c2F)C2CC(CO)C2)c2ccccc12.NC(=O)c1nn(CC(=O)O)c2ccccc12.NC1CC(CO)C1.O=C(CCl)CCc1cccc(Cl)c1F.O=C(CNC1CC(CO)C1)NCc1cccc(Cl)c1F.O=CO[O-].[H-].[K+].[K+]. The summed E-state index contributed by atoms with van der Waals surface area (Å²) in [6, 6.07) is 28.2. The van der Waals surface area contributed by atoms with Gasteiger partial charge in [0.15, 0.2) is 11.4 Å². The quantitative estimate of drug-likeness (QED) is 0.0128. The predicted molar refractivity (Wildman–Crippen MR) is 363 cm³/mol. The summed E-state index contributed by atoms with van der Waals surface area (Å²) in [4.78, 5) is 94.7. The molecule has 0 aliphatic heterocycles. The van der Waals surface area contributed by atoms with E-state index in [2.05, 4.69) is 31.0 Å². The summed E-state index contributed by atoms with van der Waals surface area (Å²) in [6.45, 7) is -0.148. The van der Waals surface area contributed by atoms with Gasteiger partial charge in [0.05, 0.1) is 45.1 Å². The van der Waals surface area contributed by atoms with Gasteiger partial charge in [-0.2, -0.15) is 10.2 Å². The number of primary amides is 2. The third-order valence-corrected chi connectivity index (χ3v) is 16.6. The zero-order valence-corrected chi connectivity index (χ0v) is 62.8. The molecule has 3 saturated carbocycles. The third kappa shape index (κ3) is 29.3. The number of nitrogens with one attached hydrogen (secondary N) is 3. The number of nitrogens with two attached hydrogens (primary N) is 3. The number of carboxylic acids is 1. The molecule has 3 aliphatic rings. The fourth-order valence-electron chi connectivity index (χ4n) is 10.1. The zero-order chi connectivity index (χ0) is 70.6. The molecule has 0 unspecified atom stereocenters. The van der Waals surface area contributed by atoms with Crippen LogP contribution in [0.4, 0.5) is 13.2 Å². The van der Waals surface area contributed by atoms with Crippen molar-refractivity contribution < 1.29 is 186 Å². The molecule has 2 aromatic heterocycles. The minimum atomic E-state index is -1.02. The van der Waals surface area contributed by atoms with Gasteiger partial charge in [-0.25, -0.2) is 13.2 Å². The molecular weight excluding hydrogens is 1450 g/mol. The molecule has 3 aliphatic carbocycles. The van der Waals surface area contributed by atoms with Crippen LogP contribution in [0.1, 0.15) is 98.9 Å². The summed E-state index contributed by atoms with van der Waals surface area (Å²) in [5.41, 5.74) is 18.4. The molecule has 536 valence electrons. The monoisotopic (exact) mass is 1530 g/mol. The summed E-state index contributed by atoms with van der Waals surface area (Å²) in [5, 5.41) is 61.5. The van der Waals surface area contributed by atoms with E-state index in [0.717, 1.165) is 25.7 Å². The van der Waals surface area contributed by atoms with Gasteiger partial charge in [0.1, 0.15) is 36.3 Å². The van der Waals surface area contributed by atoms with E-state index < -0.39 is 41.1 Å². The van der Waals surface area contributed by atoms with Gasteiger partial charge in [0.2, 0.25) is 17.7 Å². The number of fused-ring (bicyclic) bond motifs is 2. The number of aliphatic hydroxyl groups excluding tert-OH is 3. The van der Waals surface area contributed by atoms with Gasteiger partial charge < -0.3 is 70.0 Å². The first-order valence-electron chi connectivity index (χ1n) is 29.8. The molecule has 7 aromatic rings. The van der Waals surface area contributed by atoms with Crippen molar-refractivity contribution >= 4 is 116 Å². The fraction of sp³-hybridized carbons (Fsp3) is 0.394. The summed E-state index contributed by atoms with van der Waals surface area (Å²) >= 11 is 22.4. The maximum atomic E-state index is 14.1. The molecule has 0 spiro atoms. The molecule has 5 amide bonds. The number of nitrogens with zero attached hydrogens (tertiary/aromatic N) is 5. The van der Waals surface area contributed by atoms with Crippen molar-refractivity contribution in [2.24, 2.45) is 35.0 Å². The van der Waals surface area contributed by atoms with Gasteiger partial charge in [0, 0.05) is 79.4 Å². The average molecular weight is 1530 g/mol. The van der Waals surface area contributed by atoms with Gasteiger partial charge in [-0.15, -0.1) is 11.6 Å². The van der Waals surface area contributed by atoms with Crippen LogP contribution < -0.4 is 141 Å². The summed E-state index contributed by atoms with van der Waals surface area (Å²) < 4.78 is 43.6. The number of Topliss-reactive ketones (excluding diaryl/α,β-unsaturated/α-hetero) is 1. The smallest absolute Gasteiger partial charge is 1.00 e. The van der Waals surface area contributed by atoms with E-state index >= 15 is 0 Å². The number of halogens is 7. The Morgan fingerprint density at radius 3 is 1.46 bits per heavy atom. The van der Waals surface area contributed by atoms with Crippen molar-refractivity contribution in [3.63, 3.8) is 0 Å². The number of aryl methyl sites for hydroxylation is 1. The first-order chi connectivity index (χ1) is 45.9. The molecule has 0 atom stereocenters. The zero-order valence-electron chi connectivity index (χ0n) is 54.6. The van der Waals surface area contributed by atoms with Crippen LogP contribution in [-0.2, 0) is 66.3 Å². The van der Waals surface area contributed by atoms with Crippen molar-refractivity contribution in [1.29, 1.82) is 0 Å².